The Bertz CT molecular complexity index is 425. The maximum absolute atomic E-state index is 12.6. The zero-order valence-electron chi connectivity index (χ0n) is 11.4. The van der Waals surface area contributed by atoms with Gasteiger partial charge in [0.05, 0.1) is 0 Å². The minimum Gasteiger partial charge on any atom is -0.370 e. The summed E-state index contributed by atoms with van der Waals surface area (Å²) in [6.45, 7) is 2.52. The van der Waals surface area contributed by atoms with Crippen molar-refractivity contribution in [2.45, 2.75) is 45.1 Å². The summed E-state index contributed by atoms with van der Waals surface area (Å²) in [6, 6.07) is 7.16. The summed E-state index contributed by atoms with van der Waals surface area (Å²) in [5, 5.41) is 0.602. The summed E-state index contributed by atoms with van der Waals surface area (Å²) in [5.74, 6) is 0.441. The van der Waals surface area contributed by atoms with Crippen LogP contribution in [-0.4, -0.2) is 18.5 Å². The van der Waals surface area contributed by atoms with E-state index < -0.39 is 0 Å². The third kappa shape index (κ3) is 3.80. The van der Waals surface area contributed by atoms with Crippen molar-refractivity contribution < 1.29 is 9.53 Å². The fourth-order valence-electron chi connectivity index (χ4n) is 2.85. The maximum atomic E-state index is 12.6. The molecule has 0 aliphatic heterocycles. The molecule has 1 aliphatic rings. The molecule has 2 rings (SSSR count). The van der Waals surface area contributed by atoms with Crippen molar-refractivity contribution >= 4 is 17.4 Å². The second-order valence-electron chi connectivity index (χ2n) is 5.15. The van der Waals surface area contributed by atoms with Gasteiger partial charge in [-0.1, -0.05) is 43.0 Å². The van der Waals surface area contributed by atoms with Crippen LogP contribution in [0.5, 0.6) is 0 Å². The highest BCUT2D eigenvalue weighted by atomic mass is 35.5. The number of carbonyl (C=O) groups excluding carboxylic acids is 1. The number of ether oxygens (including phenoxy) is 1. The molecule has 1 unspecified atom stereocenters. The molecule has 19 heavy (non-hydrogen) atoms. The molecule has 1 atom stereocenters. The van der Waals surface area contributed by atoms with Crippen molar-refractivity contribution in [1.82, 2.24) is 0 Å². The third-order valence-corrected chi connectivity index (χ3v) is 4.03. The molecular formula is C16H21ClO2. The highest BCUT2D eigenvalue weighted by Crippen LogP contribution is 2.30. The molecule has 1 aromatic rings. The summed E-state index contributed by atoms with van der Waals surface area (Å²) in [5.41, 5.74) is 0.663. The van der Waals surface area contributed by atoms with Crippen LogP contribution < -0.4 is 0 Å². The van der Waals surface area contributed by atoms with Gasteiger partial charge in [0.15, 0.2) is 5.78 Å². The summed E-state index contributed by atoms with van der Waals surface area (Å²) in [7, 11) is 0. The molecule has 2 nitrogen and oxygen atoms in total. The van der Waals surface area contributed by atoms with Gasteiger partial charge in [-0.2, -0.15) is 0 Å². The molecule has 0 amide bonds. The normalized spacial score (nSPS) is 18.2. The SMILES string of the molecule is CCOC(C(=O)c1cccc(Cl)c1)C1CCCCC1. The van der Waals surface area contributed by atoms with E-state index in [1.54, 1.807) is 12.1 Å². The maximum Gasteiger partial charge on any atom is 0.191 e. The third-order valence-electron chi connectivity index (χ3n) is 3.79. The molecule has 1 fully saturated rings. The highest BCUT2D eigenvalue weighted by molar-refractivity contribution is 6.31. The lowest BCUT2D eigenvalue weighted by atomic mass is 9.82. The minimum atomic E-state index is -0.302. The van der Waals surface area contributed by atoms with E-state index in [9.17, 15) is 4.79 Å². The average Bonchev–Trinajstić information content (AvgIpc) is 2.45. The largest absolute Gasteiger partial charge is 0.370 e. The molecular weight excluding hydrogens is 260 g/mol. The van der Waals surface area contributed by atoms with Crippen LogP contribution in [0.4, 0.5) is 0 Å². The van der Waals surface area contributed by atoms with Crippen LogP contribution in [-0.2, 0) is 4.74 Å². The Hall–Kier alpha value is -0.860. The van der Waals surface area contributed by atoms with Gasteiger partial charge in [-0.3, -0.25) is 4.79 Å². The van der Waals surface area contributed by atoms with Gasteiger partial charge in [-0.05, 0) is 37.8 Å². The van der Waals surface area contributed by atoms with Gasteiger partial charge in [0.25, 0.3) is 0 Å². The first-order valence-electron chi connectivity index (χ1n) is 7.13. The molecule has 0 heterocycles. The fourth-order valence-corrected chi connectivity index (χ4v) is 3.04. The Morgan fingerprint density at radius 2 is 2.11 bits per heavy atom. The van der Waals surface area contributed by atoms with Crippen molar-refractivity contribution in [1.29, 1.82) is 0 Å². The summed E-state index contributed by atoms with van der Waals surface area (Å²) >= 11 is 5.96. The lowest BCUT2D eigenvalue weighted by molar-refractivity contribution is 0.0127. The molecule has 0 bridgehead atoms. The molecule has 3 heteroatoms. The van der Waals surface area contributed by atoms with Crippen LogP contribution in [0.25, 0.3) is 0 Å². The molecule has 0 spiro atoms. The van der Waals surface area contributed by atoms with Crippen LogP contribution in [0.15, 0.2) is 24.3 Å². The quantitative estimate of drug-likeness (QED) is 0.742. The Labute approximate surface area is 120 Å². The molecule has 0 radical (unpaired) electrons. The van der Waals surface area contributed by atoms with Crippen LogP contribution in [0.1, 0.15) is 49.4 Å². The zero-order valence-corrected chi connectivity index (χ0v) is 12.2. The van der Waals surface area contributed by atoms with Crippen molar-refractivity contribution in [3.05, 3.63) is 34.9 Å². The monoisotopic (exact) mass is 280 g/mol. The number of hydrogen-bond donors (Lipinski definition) is 0. The topological polar surface area (TPSA) is 26.3 Å². The first-order valence-corrected chi connectivity index (χ1v) is 7.51. The van der Waals surface area contributed by atoms with Crippen LogP contribution >= 0.6 is 11.6 Å². The molecule has 0 aromatic heterocycles. The standard InChI is InChI=1S/C16H21ClO2/c1-2-19-16(12-7-4-3-5-8-12)15(18)13-9-6-10-14(17)11-13/h6,9-12,16H,2-5,7-8H2,1H3. The summed E-state index contributed by atoms with van der Waals surface area (Å²) in [6.07, 6.45) is 5.58. The number of Topliss-reactive ketones (excluding diaryl/α,β-unsaturated/α-hetero) is 1. The molecule has 1 saturated carbocycles. The first-order chi connectivity index (χ1) is 9.22. The van der Waals surface area contributed by atoms with E-state index in [0.29, 0.717) is 23.1 Å². The Morgan fingerprint density at radius 3 is 2.74 bits per heavy atom. The number of halogens is 1. The first kappa shape index (κ1) is 14.5. The van der Waals surface area contributed by atoms with Crippen LogP contribution in [0.3, 0.4) is 0 Å². The van der Waals surface area contributed by atoms with Crippen molar-refractivity contribution in [2.75, 3.05) is 6.61 Å². The summed E-state index contributed by atoms with van der Waals surface area (Å²) in [4.78, 5) is 12.6. The van der Waals surface area contributed by atoms with E-state index in [1.807, 2.05) is 19.1 Å². The van der Waals surface area contributed by atoms with Gasteiger partial charge >= 0.3 is 0 Å². The summed E-state index contributed by atoms with van der Waals surface area (Å²) < 4.78 is 5.74. The second kappa shape index (κ2) is 7.06. The molecule has 0 N–H and O–H groups in total. The Kier molecular flexibility index (Phi) is 5.41. The van der Waals surface area contributed by atoms with Crippen molar-refractivity contribution in [3.8, 4) is 0 Å². The van der Waals surface area contributed by atoms with E-state index in [0.717, 1.165) is 12.8 Å². The van der Waals surface area contributed by atoms with Crippen LogP contribution in [0, 0.1) is 5.92 Å². The number of carbonyl (C=O) groups is 1. The average molecular weight is 281 g/mol. The van der Waals surface area contributed by atoms with Gasteiger partial charge in [0.1, 0.15) is 6.10 Å². The van der Waals surface area contributed by atoms with E-state index in [1.165, 1.54) is 19.3 Å². The number of rotatable bonds is 5. The Morgan fingerprint density at radius 1 is 1.37 bits per heavy atom. The molecule has 1 aliphatic carbocycles. The van der Waals surface area contributed by atoms with E-state index in [-0.39, 0.29) is 11.9 Å². The fraction of sp³-hybridized carbons (Fsp3) is 0.562. The lowest BCUT2D eigenvalue weighted by Crippen LogP contribution is -2.34. The van der Waals surface area contributed by atoms with Gasteiger partial charge in [0, 0.05) is 17.2 Å². The van der Waals surface area contributed by atoms with Gasteiger partial charge in [0.2, 0.25) is 0 Å². The van der Waals surface area contributed by atoms with Crippen molar-refractivity contribution in [2.24, 2.45) is 5.92 Å². The van der Waals surface area contributed by atoms with E-state index in [2.05, 4.69) is 0 Å². The van der Waals surface area contributed by atoms with E-state index in [4.69, 9.17) is 16.3 Å². The van der Waals surface area contributed by atoms with Crippen molar-refractivity contribution in [3.63, 3.8) is 0 Å². The van der Waals surface area contributed by atoms with Gasteiger partial charge < -0.3 is 4.74 Å². The van der Waals surface area contributed by atoms with Gasteiger partial charge in [-0.25, -0.2) is 0 Å². The molecule has 104 valence electrons. The Balaban J connectivity index is 2.15. The van der Waals surface area contributed by atoms with Crippen LogP contribution in [0.2, 0.25) is 5.02 Å². The van der Waals surface area contributed by atoms with E-state index >= 15 is 0 Å². The number of ketones is 1. The zero-order chi connectivity index (χ0) is 13.7. The molecule has 0 saturated heterocycles. The predicted octanol–water partition coefficient (Wildman–Crippen LogP) is 4.51. The minimum absolute atomic E-state index is 0.0799. The highest BCUT2D eigenvalue weighted by Gasteiger charge is 2.30. The second-order valence-corrected chi connectivity index (χ2v) is 5.59. The van der Waals surface area contributed by atoms with Gasteiger partial charge in [-0.15, -0.1) is 0 Å². The number of hydrogen-bond acceptors (Lipinski definition) is 2. The molecule has 1 aromatic carbocycles. The predicted molar refractivity (Wildman–Crippen MR) is 77.8 cm³/mol. The lowest BCUT2D eigenvalue weighted by Gasteiger charge is -2.29. The number of benzene rings is 1. The smallest absolute Gasteiger partial charge is 0.191 e.